The lowest BCUT2D eigenvalue weighted by Crippen LogP contribution is -2.24. The van der Waals surface area contributed by atoms with Crippen LogP contribution in [0.5, 0.6) is 0 Å². The summed E-state index contributed by atoms with van der Waals surface area (Å²) in [6, 6.07) is 3.04. The number of nitrogens with zero attached hydrogens (tertiary/aromatic N) is 1. The highest BCUT2D eigenvalue weighted by molar-refractivity contribution is 6.00. The van der Waals surface area contributed by atoms with Crippen molar-refractivity contribution in [3.05, 3.63) is 41.7 Å². The molecule has 17 heavy (non-hydrogen) atoms. The molecule has 0 radical (unpaired) electrons. The summed E-state index contributed by atoms with van der Waals surface area (Å²) in [5.41, 5.74) is 1.75. The van der Waals surface area contributed by atoms with Crippen molar-refractivity contribution in [3.8, 4) is 0 Å². The van der Waals surface area contributed by atoms with Gasteiger partial charge in [0.05, 0.1) is 0 Å². The minimum Gasteiger partial charge on any atom is -0.368 e. The molecule has 0 heterocycles. The number of aryl methyl sites for hydroxylation is 1. The van der Waals surface area contributed by atoms with Crippen LogP contribution in [0, 0.1) is 12.7 Å². The molecule has 0 fully saturated rings. The molecule has 0 amide bonds. The molecule has 0 aliphatic rings. The molecule has 1 aromatic rings. The maximum Gasteiger partial charge on any atom is 0.161 e. The summed E-state index contributed by atoms with van der Waals surface area (Å²) in [5, 5.41) is 0. The lowest BCUT2D eigenvalue weighted by molar-refractivity contribution is 0.101. The van der Waals surface area contributed by atoms with Crippen molar-refractivity contribution in [2.75, 3.05) is 18.0 Å². The fourth-order valence-corrected chi connectivity index (χ4v) is 1.76. The Morgan fingerprint density at radius 1 is 1.53 bits per heavy atom. The van der Waals surface area contributed by atoms with Gasteiger partial charge in [-0.05, 0) is 38.5 Å². The Balaban J connectivity index is 3.33. The van der Waals surface area contributed by atoms with Crippen LogP contribution in [0.1, 0.15) is 29.8 Å². The topological polar surface area (TPSA) is 20.3 Å². The molecule has 0 N–H and O–H groups in total. The smallest absolute Gasteiger partial charge is 0.161 e. The zero-order chi connectivity index (χ0) is 13.0. The van der Waals surface area contributed by atoms with Crippen molar-refractivity contribution in [1.29, 1.82) is 0 Å². The maximum atomic E-state index is 13.5. The number of likely N-dealkylation sites (N-methyl/N-ethyl adjacent to an activating group) is 1. The standard InChI is InChI=1S/C14H18FNO/c1-5-7-16(6-2)14-8-10(3)13(15)9-12(14)11(4)17/h5,8-9H,1,6-7H2,2-4H3. The van der Waals surface area contributed by atoms with E-state index < -0.39 is 0 Å². The summed E-state index contributed by atoms with van der Waals surface area (Å²) in [4.78, 5) is 13.5. The number of hydrogen-bond acceptors (Lipinski definition) is 2. The van der Waals surface area contributed by atoms with Gasteiger partial charge in [0.15, 0.2) is 5.78 Å². The second kappa shape index (κ2) is 5.62. The lowest BCUT2D eigenvalue weighted by Gasteiger charge is -2.24. The monoisotopic (exact) mass is 235 g/mol. The summed E-state index contributed by atoms with van der Waals surface area (Å²) < 4.78 is 13.5. The second-order valence-electron chi connectivity index (χ2n) is 4.00. The normalized spacial score (nSPS) is 10.1. The van der Waals surface area contributed by atoms with Crippen LogP contribution in [-0.4, -0.2) is 18.9 Å². The average molecular weight is 235 g/mol. The van der Waals surface area contributed by atoms with Gasteiger partial charge in [0.1, 0.15) is 5.82 Å². The molecule has 0 unspecified atom stereocenters. The highest BCUT2D eigenvalue weighted by Gasteiger charge is 2.15. The van der Waals surface area contributed by atoms with E-state index in [1.807, 2.05) is 11.8 Å². The number of carbonyl (C=O) groups is 1. The Morgan fingerprint density at radius 2 is 2.18 bits per heavy atom. The van der Waals surface area contributed by atoms with Crippen LogP contribution in [0.15, 0.2) is 24.8 Å². The van der Waals surface area contributed by atoms with Crippen molar-refractivity contribution in [2.45, 2.75) is 20.8 Å². The fraction of sp³-hybridized carbons (Fsp3) is 0.357. The molecule has 0 aliphatic heterocycles. The van der Waals surface area contributed by atoms with Crippen molar-refractivity contribution >= 4 is 11.5 Å². The molecular formula is C14H18FNO. The highest BCUT2D eigenvalue weighted by Crippen LogP contribution is 2.24. The van der Waals surface area contributed by atoms with Crippen LogP contribution >= 0.6 is 0 Å². The molecule has 0 spiro atoms. The molecule has 0 saturated carbocycles. The quantitative estimate of drug-likeness (QED) is 0.576. The summed E-state index contributed by atoms with van der Waals surface area (Å²) in [7, 11) is 0. The Hall–Kier alpha value is -1.64. The Kier molecular flexibility index (Phi) is 4.44. The van der Waals surface area contributed by atoms with E-state index in [0.717, 1.165) is 12.2 Å². The van der Waals surface area contributed by atoms with Crippen LogP contribution < -0.4 is 4.90 Å². The molecule has 92 valence electrons. The summed E-state index contributed by atoms with van der Waals surface area (Å²) in [6.07, 6.45) is 1.77. The van der Waals surface area contributed by atoms with E-state index in [2.05, 4.69) is 6.58 Å². The van der Waals surface area contributed by atoms with Gasteiger partial charge in [-0.3, -0.25) is 4.79 Å². The number of halogens is 1. The molecule has 1 aromatic carbocycles. The number of benzene rings is 1. The first-order valence-corrected chi connectivity index (χ1v) is 5.68. The van der Waals surface area contributed by atoms with E-state index in [1.165, 1.54) is 13.0 Å². The summed E-state index contributed by atoms with van der Waals surface area (Å²) in [5.74, 6) is -0.463. The number of rotatable bonds is 5. The van der Waals surface area contributed by atoms with Crippen molar-refractivity contribution in [3.63, 3.8) is 0 Å². The van der Waals surface area contributed by atoms with Gasteiger partial charge in [0, 0.05) is 24.3 Å². The van der Waals surface area contributed by atoms with Crippen LogP contribution in [0.4, 0.5) is 10.1 Å². The first kappa shape index (κ1) is 13.4. The number of carbonyl (C=O) groups excluding carboxylic acids is 1. The molecule has 0 atom stereocenters. The van der Waals surface area contributed by atoms with Gasteiger partial charge in [0.2, 0.25) is 0 Å². The van der Waals surface area contributed by atoms with Crippen LogP contribution in [-0.2, 0) is 0 Å². The first-order valence-electron chi connectivity index (χ1n) is 5.68. The third kappa shape index (κ3) is 2.93. The molecule has 0 saturated heterocycles. The molecule has 0 bridgehead atoms. The van der Waals surface area contributed by atoms with Gasteiger partial charge in [-0.25, -0.2) is 4.39 Å². The third-order valence-corrected chi connectivity index (χ3v) is 2.73. The van der Waals surface area contributed by atoms with Crippen molar-refractivity contribution < 1.29 is 9.18 Å². The average Bonchev–Trinajstić information content (AvgIpc) is 2.29. The number of Topliss-reactive ketones (excluding diaryl/α,β-unsaturated/α-hetero) is 1. The molecule has 1 rings (SSSR count). The maximum absolute atomic E-state index is 13.5. The van der Waals surface area contributed by atoms with E-state index in [4.69, 9.17) is 0 Å². The first-order chi connectivity index (χ1) is 8.01. The van der Waals surface area contributed by atoms with Crippen LogP contribution in [0.2, 0.25) is 0 Å². The summed E-state index contributed by atoms with van der Waals surface area (Å²) >= 11 is 0. The minimum absolute atomic E-state index is 0.124. The van der Waals surface area contributed by atoms with Gasteiger partial charge in [-0.15, -0.1) is 6.58 Å². The number of hydrogen-bond donors (Lipinski definition) is 0. The highest BCUT2D eigenvalue weighted by atomic mass is 19.1. The third-order valence-electron chi connectivity index (χ3n) is 2.73. The lowest BCUT2D eigenvalue weighted by atomic mass is 10.0. The van der Waals surface area contributed by atoms with Crippen molar-refractivity contribution in [1.82, 2.24) is 0 Å². The van der Waals surface area contributed by atoms with E-state index >= 15 is 0 Å². The molecule has 0 aliphatic carbocycles. The van der Waals surface area contributed by atoms with Gasteiger partial charge in [-0.1, -0.05) is 6.08 Å². The number of ketones is 1. The van der Waals surface area contributed by atoms with E-state index in [9.17, 15) is 9.18 Å². The zero-order valence-corrected chi connectivity index (χ0v) is 10.6. The molecular weight excluding hydrogens is 217 g/mol. The predicted octanol–water partition coefficient (Wildman–Crippen LogP) is 3.35. The van der Waals surface area contributed by atoms with Crippen LogP contribution in [0.3, 0.4) is 0 Å². The Morgan fingerprint density at radius 3 is 2.65 bits per heavy atom. The van der Waals surface area contributed by atoms with Gasteiger partial charge in [-0.2, -0.15) is 0 Å². The minimum atomic E-state index is -0.339. The molecule has 3 heteroatoms. The molecule has 0 aromatic heterocycles. The zero-order valence-electron chi connectivity index (χ0n) is 10.6. The summed E-state index contributed by atoms with van der Waals surface area (Å²) in [6.45, 7) is 10.2. The van der Waals surface area contributed by atoms with Gasteiger partial charge >= 0.3 is 0 Å². The predicted molar refractivity (Wildman–Crippen MR) is 69.2 cm³/mol. The fourth-order valence-electron chi connectivity index (χ4n) is 1.76. The van der Waals surface area contributed by atoms with E-state index in [-0.39, 0.29) is 11.6 Å². The van der Waals surface area contributed by atoms with E-state index in [0.29, 0.717) is 17.7 Å². The van der Waals surface area contributed by atoms with E-state index in [1.54, 1.807) is 19.1 Å². The van der Waals surface area contributed by atoms with Gasteiger partial charge < -0.3 is 4.90 Å². The van der Waals surface area contributed by atoms with Crippen molar-refractivity contribution in [2.24, 2.45) is 0 Å². The largest absolute Gasteiger partial charge is 0.368 e. The van der Waals surface area contributed by atoms with Gasteiger partial charge in [0.25, 0.3) is 0 Å². The Bertz CT molecular complexity index is 440. The second-order valence-corrected chi connectivity index (χ2v) is 4.00. The SMILES string of the molecule is C=CCN(CC)c1cc(C)c(F)cc1C(C)=O. The Labute approximate surface area is 102 Å². The molecule has 2 nitrogen and oxygen atoms in total. The van der Waals surface area contributed by atoms with Crippen LogP contribution in [0.25, 0.3) is 0 Å². The number of anilines is 1.